The van der Waals surface area contributed by atoms with Gasteiger partial charge in [0.1, 0.15) is 16.6 Å². The Morgan fingerprint density at radius 1 is 1.11 bits per heavy atom. The monoisotopic (exact) mass is 290 g/mol. The Morgan fingerprint density at radius 3 is 2.84 bits per heavy atom. The van der Waals surface area contributed by atoms with E-state index in [4.69, 9.17) is 27.9 Å². The zero-order chi connectivity index (χ0) is 13.0. The van der Waals surface area contributed by atoms with Crippen LogP contribution in [0, 0.1) is 0 Å². The lowest BCUT2D eigenvalue weighted by atomic mass is 10.2. The Hall–Kier alpha value is -1.71. The first-order valence-electron chi connectivity index (χ1n) is 5.82. The van der Waals surface area contributed by atoms with E-state index < -0.39 is 0 Å². The molecule has 1 aliphatic heterocycles. The lowest BCUT2D eigenvalue weighted by Crippen LogP contribution is -2.13. The van der Waals surface area contributed by atoms with Gasteiger partial charge in [0.05, 0.1) is 16.2 Å². The van der Waals surface area contributed by atoms with Gasteiger partial charge in [-0.2, -0.15) is 0 Å². The number of para-hydroxylation sites is 1. The molecule has 0 spiro atoms. The number of rotatable bonds is 0. The summed E-state index contributed by atoms with van der Waals surface area (Å²) in [6, 6.07) is 11.5. The minimum Gasteiger partial charge on any atom is -0.470 e. The average molecular weight is 291 g/mol. The number of nitrogens with zero attached hydrogens (tertiary/aromatic N) is 2. The number of benzene rings is 1. The molecule has 94 valence electrons. The number of hydrogen-bond acceptors (Lipinski definition) is 2. The largest absolute Gasteiger partial charge is 0.470 e. The molecule has 3 heterocycles. The second kappa shape index (κ2) is 3.89. The maximum atomic E-state index is 6.50. The number of fused-ring (bicyclic) bond motifs is 5. The molecule has 4 rings (SSSR count). The van der Waals surface area contributed by atoms with Crippen molar-refractivity contribution in [1.29, 1.82) is 0 Å². The molecule has 0 radical (unpaired) electrons. The third-order valence-corrected chi connectivity index (χ3v) is 3.90. The third kappa shape index (κ3) is 1.49. The van der Waals surface area contributed by atoms with Crippen LogP contribution in [-0.4, -0.2) is 9.55 Å². The average Bonchev–Trinajstić information content (AvgIpc) is 2.73. The minimum atomic E-state index is 0.428. The highest BCUT2D eigenvalue weighted by Crippen LogP contribution is 2.43. The van der Waals surface area contributed by atoms with Crippen molar-refractivity contribution < 1.29 is 4.74 Å². The Labute approximate surface area is 119 Å². The van der Waals surface area contributed by atoms with E-state index in [9.17, 15) is 0 Å². The molecular weight excluding hydrogens is 283 g/mol. The molecule has 1 aromatic carbocycles. The lowest BCUT2D eigenvalue weighted by molar-refractivity contribution is 0.234. The van der Waals surface area contributed by atoms with Crippen molar-refractivity contribution in [2.75, 3.05) is 0 Å². The van der Waals surface area contributed by atoms with E-state index in [1.807, 2.05) is 34.9 Å². The summed E-state index contributed by atoms with van der Waals surface area (Å²) in [5.74, 6) is 0.710. The topological polar surface area (TPSA) is 27.1 Å². The van der Waals surface area contributed by atoms with Crippen molar-refractivity contribution in [3.05, 3.63) is 46.6 Å². The molecule has 5 heteroatoms. The number of ether oxygens (including phenoxy) is 1. The van der Waals surface area contributed by atoms with Crippen LogP contribution in [0.25, 0.3) is 22.3 Å². The van der Waals surface area contributed by atoms with E-state index >= 15 is 0 Å². The molecule has 1 aliphatic rings. The van der Waals surface area contributed by atoms with Crippen molar-refractivity contribution >= 4 is 34.1 Å². The SMILES string of the molecule is Clc1ccc2c(n1)-c1c(Cl)c3ccccc3n1CO2. The van der Waals surface area contributed by atoms with E-state index in [1.54, 1.807) is 6.07 Å². The Bertz CT molecular complexity index is 811. The summed E-state index contributed by atoms with van der Waals surface area (Å²) in [5, 5.41) is 2.12. The first-order valence-corrected chi connectivity index (χ1v) is 6.58. The van der Waals surface area contributed by atoms with Gasteiger partial charge in [-0.25, -0.2) is 4.98 Å². The highest BCUT2D eigenvalue weighted by molar-refractivity contribution is 6.38. The zero-order valence-electron chi connectivity index (χ0n) is 9.73. The summed E-state index contributed by atoms with van der Waals surface area (Å²) in [4.78, 5) is 4.35. The molecule has 0 N–H and O–H groups in total. The summed E-state index contributed by atoms with van der Waals surface area (Å²) >= 11 is 12.5. The normalized spacial score (nSPS) is 12.9. The molecule has 0 unspecified atom stereocenters. The fourth-order valence-corrected chi connectivity index (χ4v) is 2.97. The first-order chi connectivity index (χ1) is 9.25. The molecule has 0 amide bonds. The molecule has 19 heavy (non-hydrogen) atoms. The Balaban J connectivity index is 2.14. The van der Waals surface area contributed by atoms with Crippen LogP contribution in [0.3, 0.4) is 0 Å². The fourth-order valence-electron chi connectivity index (χ4n) is 2.47. The van der Waals surface area contributed by atoms with Gasteiger partial charge in [-0.1, -0.05) is 41.4 Å². The Morgan fingerprint density at radius 2 is 1.95 bits per heavy atom. The molecule has 0 saturated heterocycles. The molecule has 2 aromatic heterocycles. The predicted molar refractivity (Wildman–Crippen MR) is 75.8 cm³/mol. The van der Waals surface area contributed by atoms with Crippen molar-refractivity contribution in [1.82, 2.24) is 9.55 Å². The molecule has 3 nitrogen and oxygen atoms in total. The van der Waals surface area contributed by atoms with Crippen LogP contribution in [0.2, 0.25) is 10.2 Å². The first kappa shape index (κ1) is 11.1. The van der Waals surface area contributed by atoms with Gasteiger partial charge in [0.15, 0.2) is 6.73 Å². The minimum absolute atomic E-state index is 0.428. The van der Waals surface area contributed by atoms with Crippen LogP contribution in [0.15, 0.2) is 36.4 Å². The summed E-state index contributed by atoms with van der Waals surface area (Å²) in [7, 11) is 0. The van der Waals surface area contributed by atoms with E-state index in [0.29, 0.717) is 28.3 Å². The van der Waals surface area contributed by atoms with Gasteiger partial charge in [0, 0.05) is 5.39 Å². The maximum Gasteiger partial charge on any atom is 0.165 e. The van der Waals surface area contributed by atoms with Crippen molar-refractivity contribution in [2.45, 2.75) is 6.73 Å². The van der Waals surface area contributed by atoms with Gasteiger partial charge in [-0.05, 0) is 18.2 Å². The smallest absolute Gasteiger partial charge is 0.165 e. The highest BCUT2D eigenvalue weighted by atomic mass is 35.5. The van der Waals surface area contributed by atoms with Crippen LogP contribution in [0.4, 0.5) is 0 Å². The van der Waals surface area contributed by atoms with Crippen LogP contribution >= 0.6 is 23.2 Å². The molecule has 0 saturated carbocycles. The quantitative estimate of drug-likeness (QED) is 0.575. The van der Waals surface area contributed by atoms with Gasteiger partial charge in [-0.15, -0.1) is 0 Å². The summed E-state index contributed by atoms with van der Waals surface area (Å²) in [5.41, 5.74) is 2.60. The second-order valence-electron chi connectivity index (χ2n) is 4.36. The van der Waals surface area contributed by atoms with Crippen LogP contribution in [-0.2, 0) is 6.73 Å². The number of hydrogen-bond donors (Lipinski definition) is 0. The van der Waals surface area contributed by atoms with Gasteiger partial charge in [-0.3, -0.25) is 0 Å². The zero-order valence-corrected chi connectivity index (χ0v) is 11.2. The standard InChI is InChI=1S/C14H8Cl2N2O/c15-11-6-5-10-13(17-11)14-12(16)8-3-1-2-4-9(8)18(14)7-19-10/h1-6H,7H2. The number of halogens is 2. The van der Waals surface area contributed by atoms with E-state index in [1.165, 1.54) is 0 Å². The molecular formula is C14H8Cl2N2O. The number of aromatic nitrogens is 2. The van der Waals surface area contributed by atoms with Gasteiger partial charge < -0.3 is 9.30 Å². The number of pyridine rings is 1. The van der Waals surface area contributed by atoms with Gasteiger partial charge in [0.2, 0.25) is 0 Å². The highest BCUT2D eigenvalue weighted by Gasteiger charge is 2.25. The van der Waals surface area contributed by atoms with E-state index in [0.717, 1.165) is 16.6 Å². The van der Waals surface area contributed by atoms with Gasteiger partial charge >= 0.3 is 0 Å². The molecule has 0 bridgehead atoms. The summed E-state index contributed by atoms with van der Waals surface area (Å²) in [6.07, 6.45) is 0. The maximum absolute atomic E-state index is 6.50. The van der Waals surface area contributed by atoms with Crippen molar-refractivity contribution in [3.8, 4) is 17.1 Å². The molecule has 0 atom stereocenters. The Kier molecular flexibility index (Phi) is 2.28. The van der Waals surface area contributed by atoms with E-state index in [-0.39, 0.29) is 0 Å². The third-order valence-electron chi connectivity index (χ3n) is 3.31. The van der Waals surface area contributed by atoms with Crippen molar-refractivity contribution in [3.63, 3.8) is 0 Å². The predicted octanol–water partition coefficient (Wildman–Crippen LogP) is 4.36. The molecule has 0 fully saturated rings. The van der Waals surface area contributed by atoms with E-state index in [2.05, 4.69) is 4.98 Å². The summed E-state index contributed by atoms with van der Waals surface area (Å²) < 4.78 is 7.73. The fraction of sp³-hybridized carbons (Fsp3) is 0.0714. The van der Waals surface area contributed by atoms with Crippen LogP contribution < -0.4 is 4.74 Å². The molecule has 3 aromatic rings. The van der Waals surface area contributed by atoms with Crippen LogP contribution in [0.1, 0.15) is 0 Å². The van der Waals surface area contributed by atoms with Crippen molar-refractivity contribution in [2.24, 2.45) is 0 Å². The molecule has 0 aliphatic carbocycles. The lowest BCUT2D eigenvalue weighted by Gasteiger charge is -2.20. The van der Waals surface area contributed by atoms with Crippen LogP contribution in [0.5, 0.6) is 5.75 Å². The summed E-state index contributed by atoms with van der Waals surface area (Å²) in [6.45, 7) is 0.429. The van der Waals surface area contributed by atoms with Gasteiger partial charge in [0.25, 0.3) is 0 Å². The second-order valence-corrected chi connectivity index (χ2v) is 5.13.